The summed E-state index contributed by atoms with van der Waals surface area (Å²) in [5, 5.41) is 2.65. The summed E-state index contributed by atoms with van der Waals surface area (Å²) in [7, 11) is 0. The molecule has 0 saturated carbocycles. The normalized spacial score (nSPS) is 11.7. The summed E-state index contributed by atoms with van der Waals surface area (Å²) >= 11 is 1.37. The van der Waals surface area contributed by atoms with Crippen LogP contribution in [0.25, 0.3) is 0 Å². The molecule has 1 amide bonds. The third-order valence-electron chi connectivity index (χ3n) is 2.79. The Morgan fingerprint density at radius 1 is 1.23 bits per heavy atom. The van der Waals surface area contributed by atoms with Crippen molar-refractivity contribution < 1.29 is 18.7 Å². The lowest BCUT2D eigenvalue weighted by Gasteiger charge is -2.12. The fourth-order valence-electron chi connectivity index (χ4n) is 1.67. The van der Waals surface area contributed by atoms with Crippen LogP contribution in [0.4, 0.5) is 0 Å². The van der Waals surface area contributed by atoms with Crippen LogP contribution in [-0.4, -0.2) is 23.7 Å². The van der Waals surface area contributed by atoms with E-state index in [1.165, 1.54) is 18.0 Å². The monoisotopic (exact) mass is 319 g/mol. The smallest absolute Gasteiger partial charge is 0.317 e. The van der Waals surface area contributed by atoms with Gasteiger partial charge in [-0.25, -0.2) is 0 Å². The molecule has 2 aromatic rings. The van der Waals surface area contributed by atoms with Crippen LogP contribution < -0.4 is 5.32 Å². The largest absolute Gasteiger partial charge is 0.467 e. The van der Waals surface area contributed by atoms with Crippen molar-refractivity contribution in [1.29, 1.82) is 0 Å². The molecule has 2 rings (SSSR count). The molecule has 6 heteroatoms. The zero-order chi connectivity index (χ0) is 15.8. The Labute approximate surface area is 133 Å². The van der Waals surface area contributed by atoms with Gasteiger partial charge in [-0.05, 0) is 31.2 Å². The average Bonchev–Trinajstić information content (AvgIpc) is 3.05. The number of amides is 1. The second-order valence-electron chi connectivity index (χ2n) is 4.53. The molecule has 0 aliphatic heterocycles. The van der Waals surface area contributed by atoms with E-state index in [-0.39, 0.29) is 18.2 Å². The van der Waals surface area contributed by atoms with E-state index in [0.717, 1.165) is 4.90 Å². The van der Waals surface area contributed by atoms with Gasteiger partial charge >= 0.3 is 5.97 Å². The Kier molecular flexibility index (Phi) is 6.09. The van der Waals surface area contributed by atoms with Crippen LogP contribution in [0.3, 0.4) is 0 Å². The lowest BCUT2D eigenvalue weighted by Crippen LogP contribution is -2.35. The molecule has 1 aromatic heterocycles. The molecule has 0 aliphatic carbocycles. The maximum absolute atomic E-state index is 11.8. The molecule has 0 unspecified atom stereocenters. The first kappa shape index (κ1) is 16.2. The van der Waals surface area contributed by atoms with Crippen LogP contribution in [0.1, 0.15) is 12.7 Å². The lowest BCUT2D eigenvalue weighted by molar-refractivity contribution is -0.152. The second-order valence-corrected chi connectivity index (χ2v) is 5.58. The highest BCUT2D eigenvalue weighted by atomic mass is 32.2. The van der Waals surface area contributed by atoms with Crippen LogP contribution in [0.15, 0.2) is 58.0 Å². The van der Waals surface area contributed by atoms with Crippen molar-refractivity contribution in [3.8, 4) is 0 Å². The number of furan rings is 1. The van der Waals surface area contributed by atoms with Crippen molar-refractivity contribution in [2.45, 2.75) is 24.5 Å². The summed E-state index contributed by atoms with van der Waals surface area (Å²) in [5.74, 6) is 0.0373. The standard InChI is InChI=1S/C16H17NO4S/c1-12(16(19)17-10-13-6-5-9-20-13)21-15(18)11-22-14-7-3-2-4-8-14/h2-9,12H,10-11H2,1H3,(H,17,19)/t12-/m1/s1. The fourth-order valence-corrected chi connectivity index (χ4v) is 2.38. The Hall–Kier alpha value is -2.21. The summed E-state index contributed by atoms with van der Waals surface area (Å²) in [5.41, 5.74) is 0. The SMILES string of the molecule is C[C@@H](OC(=O)CSc1ccccc1)C(=O)NCc1ccco1. The zero-order valence-electron chi connectivity index (χ0n) is 12.2. The quantitative estimate of drug-likeness (QED) is 0.627. The van der Waals surface area contributed by atoms with Crippen molar-refractivity contribution in [3.05, 3.63) is 54.5 Å². The minimum absolute atomic E-state index is 0.166. The molecule has 0 aliphatic rings. The van der Waals surface area contributed by atoms with Gasteiger partial charge in [0.15, 0.2) is 6.10 Å². The van der Waals surface area contributed by atoms with Gasteiger partial charge in [0.1, 0.15) is 5.76 Å². The highest BCUT2D eigenvalue weighted by Crippen LogP contribution is 2.17. The van der Waals surface area contributed by atoms with E-state index in [2.05, 4.69) is 5.32 Å². The number of nitrogens with one attached hydrogen (secondary N) is 1. The van der Waals surface area contributed by atoms with Crippen molar-refractivity contribution in [1.82, 2.24) is 5.32 Å². The lowest BCUT2D eigenvalue weighted by atomic mass is 10.3. The van der Waals surface area contributed by atoms with Crippen molar-refractivity contribution in [3.63, 3.8) is 0 Å². The summed E-state index contributed by atoms with van der Waals surface area (Å²) in [4.78, 5) is 24.5. The van der Waals surface area contributed by atoms with Crippen LogP contribution in [-0.2, 0) is 20.9 Å². The van der Waals surface area contributed by atoms with Crippen molar-refractivity contribution in [2.75, 3.05) is 5.75 Å². The van der Waals surface area contributed by atoms with Gasteiger partial charge in [0.2, 0.25) is 0 Å². The Bertz CT molecular complexity index is 598. The van der Waals surface area contributed by atoms with E-state index in [1.54, 1.807) is 19.1 Å². The van der Waals surface area contributed by atoms with E-state index < -0.39 is 12.1 Å². The molecular formula is C16H17NO4S. The Balaban J connectivity index is 1.70. The second kappa shape index (κ2) is 8.29. The topological polar surface area (TPSA) is 68.5 Å². The van der Waals surface area contributed by atoms with E-state index >= 15 is 0 Å². The number of ether oxygens (including phenoxy) is 1. The van der Waals surface area contributed by atoms with Crippen LogP contribution in [0.2, 0.25) is 0 Å². The summed E-state index contributed by atoms with van der Waals surface area (Å²) in [6, 6.07) is 13.0. The molecular weight excluding hydrogens is 302 g/mol. The summed E-state index contributed by atoms with van der Waals surface area (Å²) in [6.45, 7) is 1.81. The highest BCUT2D eigenvalue weighted by molar-refractivity contribution is 8.00. The molecule has 0 radical (unpaired) electrons. The van der Waals surface area contributed by atoms with Gasteiger partial charge in [-0.1, -0.05) is 18.2 Å². The Morgan fingerprint density at radius 2 is 2.00 bits per heavy atom. The predicted octanol–water partition coefficient (Wildman–Crippen LogP) is 2.62. The van der Waals surface area contributed by atoms with E-state index in [9.17, 15) is 9.59 Å². The van der Waals surface area contributed by atoms with Crippen LogP contribution in [0.5, 0.6) is 0 Å². The number of hydrogen-bond acceptors (Lipinski definition) is 5. The zero-order valence-corrected chi connectivity index (χ0v) is 13.0. The molecule has 22 heavy (non-hydrogen) atoms. The number of esters is 1. The van der Waals surface area contributed by atoms with E-state index in [0.29, 0.717) is 5.76 Å². The van der Waals surface area contributed by atoms with Gasteiger partial charge in [0, 0.05) is 4.90 Å². The predicted molar refractivity (Wildman–Crippen MR) is 83.3 cm³/mol. The third kappa shape index (κ3) is 5.29. The minimum atomic E-state index is -0.834. The van der Waals surface area contributed by atoms with E-state index in [4.69, 9.17) is 9.15 Å². The number of carbonyl (C=O) groups is 2. The number of carbonyl (C=O) groups excluding carboxylic acids is 2. The van der Waals surface area contributed by atoms with Crippen molar-refractivity contribution in [2.24, 2.45) is 0 Å². The minimum Gasteiger partial charge on any atom is -0.467 e. The Morgan fingerprint density at radius 3 is 2.68 bits per heavy atom. The number of rotatable bonds is 7. The maximum atomic E-state index is 11.8. The summed E-state index contributed by atoms with van der Waals surface area (Å²) < 4.78 is 10.2. The first-order valence-corrected chi connectivity index (χ1v) is 7.81. The van der Waals surface area contributed by atoms with Gasteiger partial charge in [0.05, 0.1) is 18.6 Å². The molecule has 1 aromatic carbocycles. The van der Waals surface area contributed by atoms with Crippen LogP contribution in [0, 0.1) is 0 Å². The summed E-state index contributed by atoms with van der Waals surface area (Å²) in [6.07, 6.45) is 0.699. The van der Waals surface area contributed by atoms with Crippen LogP contribution >= 0.6 is 11.8 Å². The molecule has 0 fully saturated rings. The van der Waals surface area contributed by atoms with Gasteiger partial charge in [0.25, 0.3) is 5.91 Å². The molecule has 0 saturated heterocycles. The molecule has 0 spiro atoms. The molecule has 1 N–H and O–H groups in total. The fraction of sp³-hybridized carbons (Fsp3) is 0.250. The maximum Gasteiger partial charge on any atom is 0.317 e. The molecule has 5 nitrogen and oxygen atoms in total. The van der Waals surface area contributed by atoms with Gasteiger partial charge in [-0.2, -0.15) is 0 Å². The highest BCUT2D eigenvalue weighted by Gasteiger charge is 2.17. The van der Waals surface area contributed by atoms with Gasteiger partial charge in [-0.3, -0.25) is 9.59 Å². The van der Waals surface area contributed by atoms with E-state index in [1.807, 2.05) is 30.3 Å². The third-order valence-corrected chi connectivity index (χ3v) is 3.78. The molecule has 116 valence electrons. The van der Waals surface area contributed by atoms with Gasteiger partial charge in [-0.15, -0.1) is 11.8 Å². The van der Waals surface area contributed by atoms with Gasteiger partial charge < -0.3 is 14.5 Å². The van der Waals surface area contributed by atoms with Crippen molar-refractivity contribution >= 4 is 23.6 Å². The average molecular weight is 319 g/mol. The number of hydrogen-bond donors (Lipinski definition) is 1. The molecule has 1 heterocycles. The first-order valence-electron chi connectivity index (χ1n) is 6.82. The first-order chi connectivity index (χ1) is 10.6. The molecule has 0 bridgehead atoms. The molecule has 1 atom stereocenters. The number of benzene rings is 1. The number of thioether (sulfide) groups is 1.